The molecule has 6 heteroatoms. The Morgan fingerprint density at radius 1 is 1.60 bits per heavy atom. The zero-order valence-electron chi connectivity index (χ0n) is 9.37. The molecule has 0 saturated heterocycles. The Morgan fingerprint density at radius 2 is 2.33 bits per heavy atom. The maximum Gasteiger partial charge on any atom is 0.317 e. The van der Waals surface area contributed by atoms with Gasteiger partial charge in [0.15, 0.2) is 5.82 Å². The maximum atomic E-state index is 11.5. The van der Waals surface area contributed by atoms with Crippen LogP contribution < -0.4 is 5.32 Å². The first-order valence-corrected chi connectivity index (χ1v) is 5.00. The summed E-state index contributed by atoms with van der Waals surface area (Å²) in [5, 5.41) is 9.48. The third kappa shape index (κ3) is 3.57. The topological polar surface area (TPSA) is 73.9 Å². The van der Waals surface area contributed by atoms with Gasteiger partial charge in [-0.1, -0.05) is 6.92 Å². The minimum Gasteiger partial charge on any atom is -0.338 e. The minimum absolute atomic E-state index is 0.0979. The second-order valence-electron chi connectivity index (χ2n) is 3.43. The van der Waals surface area contributed by atoms with Crippen molar-refractivity contribution in [2.75, 3.05) is 13.6 Å². The van der Waals surface area contributed by atoms with Crippen molar-refractivity contribution in [2.24, 2.45) is 0 Å². The predicted octanol–water partition coefficient (Wildman–Crippen LogP) is 0.665. The lowest BCUT2D eigenvalue weighted by molar-refractivity contribution is 0.206. The van der Waals surface area contributed by atoms with Gasteiger partial charge < -0.3 is 10.2 Å². The predicted molar refractivity (Wildman–Crippen MR) is 56.3 cm³/mol. The minimum atomic E-state index is -0.0979. The molecule has 0 aromatic carbocycles. The van der Waals surface area contributed by atoms with Gasteiger partial charge in [-0.3, -0.25) is 5.10 Å². The Morgan fingerprint density at radius 3 is 2.87 bits per heavy atom. The second kappa shape index (κ2) is 5.33. The number of amides is 2. The second-order valence-corrected chi connectivity index (χ2v) is 3.43. The van der Waals surface area contributed by atoms with Gasteiger partial charge in [-0.2, -0.15) is 5.10 Å². The number of carbonyl (C=O) groups excluding carboxylic acids is 1. The van der Waals surface area contributed by atoms with Gasteiger partial charge in [0.1, 0.15) is 5.82 Å². The van der Waals surface area contributed by atoms with Crippen molar-refractivity contribution < 1.29 is 4.79 Å². The van der Waals surface area contributed by atoms with E-state index >= 15 is 0 Å². The van der Waals surface area contributed by atoms with E-state index in [1.807, 2.05) is 13.8 Å². The van der Waals surface area contributed by atoms with Crippen molar-refractivity contribution in [2.45, 2.75) is 26.8 Å². The van der Waals surface area contributed by atoms with Crippen LogP contribution in [0.25, 0.3) is 0 Å². The quantitative estimate of drug-likeness (QED) is 0.768. The number of aryl methyl sites for hydroxylation is 1. The Bertz CT molecular complexity index is 322. The number of nitrogens with one attached hydrogen (secondary N) is 2. The molecule has 0 radical (unpaired) electrons. The van der Waals surface area contributed by atoms with Gasteiger partial charge in [0.05, 0.1) is 6.54 Å². The standard InChI is InChI=1S/C9H17N5O/c1-4-5-10-9(15)14(3)6-8-11-7(2)12-13-8/h4-6H2,1-3H3,(H,10,15)(H,11,12,13). The summed E-state index contributed by atoms with van der Waals surface area (Å²) in [7, 11) is 1.72. The van der Waals surface area contributed by atoms with Crippen molar-refractivity contribution in [3.8, 4) is 0 Å². The maximum absolute atomic E-state index is 11.5. The van der Waals surface area contributed by atoms with Gasteiger partial charge in [0, 0.05) is 13.6 Å². The number of hydrogen-bond acceptors (Lipinski definition) is 3. The number of aromatic nitrogens is 3. The Labute approximate surface area is 89.1 Å². The molecule has 1 heterocycles. The highest BCUT2D eigenvalue weighted by Gasteiger charge is 2.10. The van der Waals surface area contributed by atoms with Crippen LogP contribution in [0.5, 0.6) is 0 Å². The van der Waals surface area contributed by atoms with Crippen LogP contribution in [-0.2, 0) is 6.54 Å². The summed E-state index contributed by atoms with van der Waals surface area (Å²) in [6, 6.07) is -0.0979. The molecule has 0 fully saturated rings. The van der Waals surface area contributed by atoms with Crippen LogP contribution in [0.2, 0.25) is 0 Å². The van der Waals surface area contributed by atoms with Crippen molar-refractivity contribution >= 4 is 6.03 Å². The number of H-pyrrole nitrogens is 1. The Kier molecular flexibility index (Phi) is 4.08. The lowest BCUT2D eigenvalue weighted by atomic mass is 10.5. The summed E-state index contributed by atoms with van der Waals surface area (Å²) in [6.45, 7) is 4.95. The number of aromatic amines is 1. The molecule has 0 aliphatic heterocycles. The van der Waals surface area contributed by atoms with Gasteiger partial charge in [0.25, 0.3) is 0 Å². The Hall–Kier alpha value is -1.59. The van der Waals surface area contributed by atoms with E-state index in [0.29, 0.717) is 18.9 Å². The molecule has 6 nitrogen and oxygen atoms in total. The van der Waals surface area contributed by atoms with E-state index in [1.165, 1.54) is 0 Å². The van der Waals surface area contributed by atoms with E-state index in [9.17, 15) is 4.79 Å². The highest BCUT2D eigenvalue weighted by molar-refractivity contribution is 5.73. The van der Waals surface area contributed by atoms with Gasteiger partial charge in [-0.15, -0.1) is 0 Å². The molecule has 1 aromatic rings. The van der Waals surface area contributed by atoms with Crippen LogP contribution >= 0.6 is 0 Å². The monoisotopic (exact) mass is 211 g/mol. The highest BCUT2D eigenvalue weighted by atomic mass is 16.2. The van der Waals surface area contributed by atoms with Crippen molar-refractivity contribution in [1.29, 1.82) is 0 Å². The third-order valence-corrected chi connectivity index (χ3v) is 1.90. The number of hydrogen-bond donors (Lipinski definition) is 2. The normalized spacial score (nSPS) is 10.1. The summed E-state index contributed by atoms with van der Waals surface area (Å²) >= 11 is 0. The summed E-state index contributed by atoms with van der Waals surface area (Å²) in [5.74, 6) is 1.38. The fraction of sp³-hybridized carbons (Fsp3) is 0.667. The summed E-state index contributed by atoms with van der Waals surface area (Å²) in [4.78, 5) is 17.1. The molecule has 0 unspecified atom stereocenters. The molecule has 0 atom stereocenters. The fourth-order valence-electron chi connectivity index (χ4n) is 1.11. The number of nitrogens with zero attached hydrogens (tertiary/aromatic N) is 3. The van der Waals surface area contributed by atoms with E-state index in [-0.39, 0.29) is 6.03 Å². The van der Waals surface area contributed by atoms with Crippen molar-refractivity contribution in [3.05, 3.63) is 11.6 Å². The zero-order valence-corrected chi connectivity index (χ0v) is 9.37. The van der Waals surface area contributed by atoms with Crippen LogP contribution in [-0.4, -0.2) is 39.7 Å². The van der Waals surface area contributed by atoms with Crippen LogP contribution in [0, 0.1) is 6.92 Å². The molecule has 84 valence electrons. The first-order valence-electron chi connectivity index (χ1n) is 5.00. The smallest absolute Gasteiger partial charge is 0.317 e. The number of urea groups is 1. The lowest BCUT2D eigenvalue weighted by Gasteiger charge is -2.15. The third-order valence-electron chi connectivity index (χ3n) is 1.90. The van der Waals surface area contributed by atoms with E-state index in [1.54, 1.807) is 11.9 Å². The largest absolute Gasteiger partial charge is 0.338 e. The van der Waals surface area contributed by atoms with Gasteiger partial charge >= 0.3 is 6.03 Å². The molecule has 0 saturated carbocycles. The van der Waals surface area contributed by atoms with E-state index in [2.05, 4.69) is 20.5 Å². The zero-order chi connectivity index (χ0) is 11.3. The van der Waals surface area contributed by atoms with Crippen LogP contribution in [0.15, 0.2) is 0 Å². The number of carbonyl (C=O) groups is 1. The lowest BCUT2D eigenvalue weighted by Crippen LogP contribution is -2.37. The first-order chi connectivity index (χ1) is 7.13. The van der Waals surface area contributed by atoms with Crippen LogP contribution in [0.1, 0.15) is 25.0 Å². The van der Waals surface area contributed by atoms with Crippen LogP contribution in [0.3, 0.4) is 0 Å². The molecule has 0 aliphatic rings. The van der Waals surface area contributed by atoms with Gasteiger partial charge in [0.2, 0.25) is 0 Å². The molecular formula is C9H17N5O. The summed E-state index contributed by atoms with van der Waals surface area (Å²) in [5.41, 5.74) is 0. The van der Waals surface area contributed by atoms with E-state index in [4.69, 9.17) is 0 Å². The molecule has 2 N–H and O–H groups in total. The number of rotatable bonds is 4. The van der Waals surface area contributed by atoms with Crippen molar-refractivity contribution in [3.63, 3.8) is 0 Å². The average Bonchev–Trinajstić information content (AvgIpc) is 2.60. The highest BCUT2D eigenvalue weighted by Crippen LogP contribution is 1.96. The molecule has 1 rings (SSSR count). The van der Waals surface area contributed by atoms with Crippen LogP contribution in [0.4, 0.5) is 4.79 Å². The first kappa shape index (κ1) is 11.5. The molecule has 0 spiro atoms. The summed E-state index contributed by atoms with van der Waals surface area (Å²) in [6.07, 6.45) is 0.930. The molecule has 1 aromatic heterocycles. The summed E-state index contributed by atoms with van der Waals surface area (Å²) < 4.78 is 0. The van der Waals surface area contributed by atoms with E-state index in [0.717, 1.165) is 12.2 Å². The SMILES string of the molecule is CCCNC(=O)N(C)Cc1n[nH]c(C)n1. The molecule has 0 bridgehead atoms. The van der Waals surface area contributed by atoms with Gasteiger partial charge in [-0.05, 0) is 13.3 Å². The average molecular weight is 211 g/mol. The fourth-order valence-corrected chi connectivity index (χ4v) is 1.11. The van der Waals surface area contributed by atoms with Crippen molar-refractivity contribution in [1.82, 2.24) is 25.4 Å². The molecule has 2 amide bonds. The van der Waals surface area contributed by atoms with Gasteiger partial charge in [-0.25, -0.2) is 9.78 Å². The Balaban J connectivity index is 2.41. The molecular weight excluding hydrogens is 194 g/mol. The molecule has 0 aliphatic carbocycles. The molecule has 15 heavy (non-hydrogen) atoms. The van der Waals surface area contributed by atoms with E-state index < -0.39 is 0 Å².